The summed E-state index contributed by atoms with van der Waals surface area (Å²) in [6, 6.07) is -0.821. The molecule has 32 heteroatoms. The Hall–Kier alpha value is -4.55. The van der Waals surface area contributed by atoms with Crippen LogP contribution in [-0.2, 0) is 51.2 Å². The monoisotopic (exact) mass is 949 g/mol. The minimum atomic E-state index is -5.56. The number of aliphatic hydroxyl groups excluding tert-OH is 2. The number of hydrogen-bond donors (Lipinski definition) is 7. The van der Waals surface area contributed by atoms with Gasteiger partial charge in [0.05, 0.1) is 26.1 Å². The van der Waals surface area contributed by atoms with E-state index in [0.717, 1.165) is 36.5 Å². The number of phosphoric ester groups is 2. The average Bonchev–Trinajstić information content (AvgIpc) is 3.86. The molecule has 350 valence electrons. The molecule has 0 bridgehead atoms. The van der Waals surface area contributed by atoms with Crippen LogP contribution in [0, 0.1) is 0 Å². The third-order valence-electron chi connectivity index (χ3n) is 9.31. The molecule has 0 saturated carbocycles. The van der Waals surface area contributed by atoms with Crippen LogP contribution in [-0.4, -0.2) is 159 Å². The highest BCUT2D eigenvalue weighted by molar-refractivity contribution is 7.47. The predicted molar refractivity (Wildman–Crippen MR) is 199 cm³/mol. The molecule has 3 aromatic rings. The first-order chi connectivity index (χ1) is 29.4. The summed E-state index contributed by atoms with van der Waals surface area (Å²) in [6.45, 7) is -1.80. The number of allylic oxidation sites excluding steroid dienone is 1. The number of nitrogen functional groups attached to an aromatic ring is 2. The molecule has 3 aromatic heterocycles. The molecule has 1 amide bonds. The molecule has 26 nitrogen and oxygen atoms in total. The molecular weight excluding hydrogens is 908 g/mol. The number of nitrogens with zero attached hydrogens (tertiary/aromatic N) is 7. The molecule has 9 N–H and O–H groups in total. The van der Waals surface area contributed by atoms with Gasteiger partial charge in [-0.3, -0.25) is 27.5 Å². The number of anilines is 2. The molecule has 0 aliphatic carbocycles. The Kier molecular flexibility index (Phi) is 15.8. The number of fused-ring (bicyclic) bond motifs is 1. The number of amides is 1. The number of halogens is 4. The number of ether oxygens (including phenoxy) is 4. The molecule has 0 aromatic carbocycles. The van der Waals surface area contributed by atoms with Gasteiger partial charge < -0.3 is 60.2 Å². The van der Waals surface area contributed by atoms with Crippen molar-refractivity contribution < 1.29 is 93.7 Å². The van der Waals surface area contributed by atoms with Gasteiger partial charge in [0.2, 0.25) is 5.91 Å². The Morgan fingerprint density at radius 2 is 1.67 bits per heavy atom. The second kappa shape index (κ2) is 20.1. The number of phosphoric acid groups is 2. The standard InChI is InChI=1S/C31H41F4N9O17P2/c1-3-4-5-18(45)42(2)14(8-55-11-31(34,35)29(32)33)28(48)60-22-15(58-27(20(22)46)44-13-40-19-24(37)38-12-39-25(19)44)10-57-63(53,54)61-23-16(9-56-62(50,51)52)59-26(21(23)47)43-7-6-17(36)41-30(43)49/h3,6-7,12-16,20-23,26-27,29,46-47H,1,4-5,8-11H2,2H3,(H,53,54)(H2,36,41,49)(H2,37,38,39)(H2,50,51,52)/t14-,15+,16+,20+,21+,22+,23+,26+,27+/m0/s1. The van der Waals surface area contributed by atoms with Crippen molar-refractivity contribution in [2.75, 3.05) is 44.9 Å². The predicted octanol–water partition coefficient (Wildman–Crippen LogP) is -1.00. The Morgan fingerprint density at radius 3 is 2.30 bits per heavy atom. The summed E-state index contributed by atoms with van der Waals surface area (Å²) in [5.74, 6) is -7.28. The molecule has 2 fully saturated rings. The number of nitrogens with two attached hydrogens (primary N) is 2. The topological polar surface area (TPSA) is 368 Å². The van der Waals surface area contributed by atoms with Gasteiger partial charge in [0.25, 0.3) is 0 Å². The smallest absolute Gasteiger partial charge is 0.455 e. The van der Waals surface area contributed by atoms with Crippen LogP contribution in [0.2, 0.25) is 0 Å². The number of aromatic nitrogens is 6. The summed E-state index contributed by atoms with van der Waals surface area (Å²) in [5, 5.41) is 22.7. The zero-order valence-electron chi connectivity index (χ0n) is 32.4. The van der Waals surface area contributed by atoms with E-state index in [4.69, 9.17) is 39.5 Å². The number of aliphatic hydroxyl groups is 2. The SMILES string of the molecule is C=CCCC(=O)N(C)[C@@H](COCC(F)(F)C(F)F)C(=O)O[C@H]1[C@@H](O)[C@H](n2cnc3c(N)ncnc32)O[C@@H]1COP(=O)(O)O[C@H]1[C@@H](O)[C@H](n2ccc(N)nc2=O)O[C@@H]1COP(=O)(O)O. The summed E-state index contributed by atoms with van der Waals surface area (Å²) < 4.78 is 116. The zero-order valence-corrected chi connectivity index (χ0v) is 34.2. The van der Waals surface area contributed by atoms with Gasteiger partial charge in [0.1, 0.15) is 54.8 Å². The van der Waals surface area contributed by atoms with Crippen molar-refractivity contribution in [2.24, 2.45) is 0 Å². The van der Waals surface area contributed by atoms with Crippen LogP contribution in [0.25, 0.3) is 11.2 Å². The molecule has 1 unspecified atom stereocenters. The van der Waals surface area contributed by atoms with Crippen LogP contribution in [0.5, 0.6) is 0 Å². The van der Waals surface area contributed by atoms with E-state index in [2.05, 4.69) is 31.0 Å². The molecule has 10 atom stereocenters. The van der Waals surface area contributed by atoms with E-state index in [0.29, 0.717) is 9.47 Å². The quantitative estimate of drug-likeness (QED) is 0.0291. The fourth-order valence-electron chi connectivity index (χ4n) is 6.14. The van der Waals surface area contributed by atoms with Gasteiger partial charge in [-0.05, 0) is 12.5 Å². The fraction of sp³-hybridized carbons (Fsp3) is 0.581. The molecule has 63 heavy (non-hydrogen) atoms. The minimum absolute atomic E-state index is 0.0113. The lowest BCUT2D eigenvalue weighted by molar-refractivity contribution is -0.179. The Morgan fingerprint density at radius 1 is 1.03 bits per heavy atom. The molecule has 0 radical (unpaired) electrons. The van der Waals surface area contributed by atoms with Crippen molar-refractivity contribution in [3.8, 4) is 0 Å². The summed E-state index contributed by atoms with van der Waals surface area (Å²) in [6.07, 6.45) is -15.0. The minimum Gasteiger partial charge on any atom is -0.455 e. The van der Waals surface area contributed by atoms with Crippen LogP contribution in [0.15, 0.2) is 42.4 Å². The maximum absolute atomic E-state index is 13.8. The number of hydrogen-bond acceptors (Lipinski definition) is 20. The number of carbonyl (C=O) groups is 2. The molecule has 2 saturated heterocycles. The van der Waals surface area contributed by atoms with E-state index in [1.807, 2.05) is 0 Å². The maximum atomic E-state index is 13.8. The van der Waals surface area contributed by atoms with E-state index in [9.17, 15) is 66.0 Å². The van der Waals surface area contributed by atoms with Gasteiger partial charge >= 0.3 is 39.7 Å². The largest absolute Gasteiger partial charge is 0.472 e. The first kappa shape index (κ1) is 49.5. The van der Waals surface area contributed by atoms with E-state index in [-0.39, 0.29) is 35.6 Å². The first-order valence-electron chi connectivity index (χ1n) is 18.1. The van der Waals surface area contributed by atoms with Crippen LogP contribution in [0.4, 0.5) is 29.2 Å². The summed E-state index contributed by atoms with van der Waals surface area (Å²) >= 11 is 0. The van der Waals surface area contributed by atoms with Crippen molar-refractivity contribution in [1.82, 2.24) is 34.0 Å². The van der Waals surface area contributed by atoms with Crippen molar-refractivity contribution in [3.63, 3.8) is 0 Å². The highest BCUT2D eigenvalue weighted by Crippen LogP contribution is 2.50. The highest BCUT2D eigenvalue weighted by atomic mass is 31.2. The van der Waals surface area contributed by atoms with Crippen LogP contribution < -0.4 is 17.2 Å². The number of carbonyl (C=O) groups excluding carboxylic acids is 2. The number of rotatable bonds is 21. The Bertz CT molecular complexity index is 2270. The Balaban J connectivity index is 1.42. The van der Waals surface area contributed by atoms with Gasteiger partial charge in [-0.1, -0.05) is 6.08 Å². The number of esters is 1. The summed E-state index contributed by atoms with van der Waals surface area (Å²) in [7, 11) is -9.76. The second-order valence-electron chi connectivity index (χ2n) is 13.7. The number of alkyl halides is 4. The number of likely N-dealkylation sites (N-methyl/N-ethyl adjacent to an activating group) is 1. The third kappa shape index (κ3) is 12.0. The second-order valence-corrected chi connectivity index (χ2v) is 16.3. The molecular formula is C31H41F4N9O17P2. The van der Waals surface area contributed by atoms with Gasteiger partial charge in [0, 0.05) is 19.7 Å². The molecule has 2 aliphatic rings. The molecule has 0 spiro atoms. The van der Waals surface area contributed by atoms with Crippen molar-refractivity contribution in [3.05, 3.63) is 48.1 Å². The fourth-order valence-corrected chi connectivity index (χ4v) is 7.44. The van der Waals surface area contributed by atoms with Crippen molar-refractivity contribution in [1.29, 1.82) is 0 Å². The van der Waals surface area contributed by atoms with E-state index in [1.54, 1.807) is 0 Å². The third-order valence-corrected chi connectivity index (χ3v) is 10.8. The van der Waals surface area contributed by atoms with E-state index in [1.165, 1.54) is 6.08 Å². The Labute approximate surface area is 351 Å². The molecule has 2 aliphatic heterocycles. The van der Waals surface area contributed by atoms with Gasteiger partial charge in [0.15, 0.2) is 36.1 Å². The van der Waals surface area contributed by atoms with Crippen LogP contribution in [0.3, 0.4) is 0 Å². The number of imidazole rings is 1. The lowest BCUT2D eigenvalue weighted by atomic mass is 10.1. The lowest BCUT2D eigenvalue weighted by Gasteiger charge is -2.30. The van der Waals surface area contributed by atoms with Gasteiger partial charge in [-0.2, -0.15) is 13.8 Å². The average molecular weight is 950 g/mol. The molecule has 5 rings (SSSR count). The lowest BCUT2D eigenvalue weighted by Crippen LogP contribution is -2.50. The zero-order chi connectivity index (χ0) is 46.6. The van der Waals surface area contributed by atoms with Gasteiger partial charge in [-0.15, -0.1) is 6.58 Å². The summed E-state index contributed by atoms with van der Waals surface area (Å²) in [4.78, 5) is 84.7. The highest BCUT2D eigenvalue weighted by Gasteiger charge is 2.53. The van der Waals surface area contributed by atoms with Gasteiger partial charge in [-0.25, -0.2) is 42.5 Å². The molecule has 5 heterocycles. The van der Waals surface area contributed by atoms with Crippen LogP contribution in [0.1, 0.15) is 25.3 Å². The first-order valence-corrected chi connectivity index (χ1v) is 21.1. The van der Waals surface area contributed by atoms with Crippen molar-refractivity contribution in [2.45, 2.75) is 80.3 Å². The van der Waals surface area contributed by atoms with E-state index < -0.39 is 127 Å². The summed E-state index contributed by atoms with van der Waals surface area (Å²) in [5.41, 5.74) is 10.3. The van der Waals surface area contributed by atoms with Crippen molar-refractivity contribution >= 4 is 50.3 Å². The normalized spacial score (nSPS) is 25.6. The maximum Gasteiger partial charge on any atom is 0.472 e. The van der Waals surface area contributed by atoms with Crippen LogP contribution >= 0.6 is 15.6 Å². The van der Waals surface area contributed by atoms with E-state index >= 15 is 0 Å².